The Morgan fingerprint density at radius 1 is 1.50 bits per heavy atom. The van der Waals surface area contributed by atoms with E-state index in [2.05, 4.69) is 22.1 Å². The highest BCUT2D eigenvalue weighted by atomic mass is 32.1. The van der Waals surface area contributed by atoms with Gasteiger partial charge in [-0.1, -0.05) is 0 Å². The summed E-state index contributed by atoms with van der Waals surface area (Å²) < 4.78 is 5.79. The zero-order valence-electron chi connectivity index (χ0n) is 8.11. The molecule has 0 aliphatic carbocycles. The molecule has 3 rings (SSSR count). The minimum Gasteiger partial charge on any atom is -0.373 e. The zero-order valence-corrected chi connectivity index (χ0v) is 8.93. The number of fused-ring (bicyclic) bond motifs is 2. The molecule has 0 amide bonds. The maximum absolute atomic E-state index is 5.79. The van der Waals surface area contributed by atoms with Gasteiger partial charge in [0.1, 0.15) is 0 Å². The summed E-state index contributed by atoms with van der Waals surface area (Å²) in [6.07, 6.45) is 4.81. The fraction of sp³-hybridized carbons (Fsp3) is 0.636. The van der Waals surface area contributed by atoms with E-state index in [0.29, 0.717) is 18.2 Å². The summed E-state index contributed by atoms with van der Waals surface area (Å²) in [6, 6.07) is 2.79. The molecule has 1 aromatic rings. The van der Waals surface area contributed by atoms with Crippen LogP contribution in [0, 0.1) is 0 Å². The molecule has 3 heterocycles. The molecule has 0 radical (unpaired) electrons. The van der Waals surface area contributed by atoms with E-state index < -0.39 is 0 Å². The Labute approximate surface area is 88.3 Å². The topological polar surface area (TPSA) is 21.3 Å². The molecule has 0 saturated carbocycles. The third-order valence-corrected chi connectivity index (χ3v) is 3.99. The van der Waals surface area contributed by atoms with Crippen molar-refractivity contribution in [3.05, 3.63) is 22.4 Å². The molecule has 2 aliphatic heterocycles. The Morgan fingerprint density at radius 2 is 2.50 bits per heavy atom. The van der Waals surface area contributed by atoms with E-state index in [0.717, 1.165) is 6.54 Å². The van der Waals surface area contributed by atoms with E-state index in [1.54, 1.807) is 11.3 Å². The minimum atomic E-state index is 0.499. The Morgan fingerprint density at radius 3 is 3.14 bits per heavy atom. The van der Waals surface area contributed by atoms with E-state index in [-0.39, 0.29) is 0 Å². The van der Waals surface area contributed by atoms with Crippen LogP contribution < -0.4 is 5.32 Å². The van der Waals surface area contributed by atoms with Crippen LogP contribution >= 0.6 is 11.3 Å². The van der Waals surface area contributed by atoms with Gasteiger partial charge in [0, 0.05) is 12.6 Å². The highest BCUT2D eigenvalue weighted by Gasteiger charge is 2.40. The van der Waals surface area contributed by atoms with Crippen molar-refractivity contribution in [2.24, 2.45) is 0 Å². The van der Waals surface area contributed by atoms with E-state index in [1.165, 1.54) is 24.8 Å². The molecule has 3 atom stereocenters. The predicted octanol–water partition coefficient (Wildman–Crippen LogP) is 2.16. The average Bonchev–Trinajstić information content (AvgIpc) is 2.91. The number of hydrogen-bond donors (Lipinski definition) is 1. The zero-order chi connectivity index (χ0) is 9.38. The van der Waals surface area contributed by atoms with E-state index >= 15 is 0 Å². The average molecular weight is 209 g/mol. The van der Waals surface area contributed by atoms with Crippen LogP contribution in [0.3, 0.4) is 0 Å². The van der Waals surface area contributed by atoms with Gasteiger partial charge < -0.3 is 10.1 Å². The first-order valence-corrected chi connectivity index (χ1v) is 6.26. The molecule has 1 aromatic heterocycles. The van der Waals surface area contributed by atoms with Gasteiger partial charge in [-0.2, -0.15) is 11.3 Å². The second-order valence-electron chi connectivity index (χ2n) is 4.23. The lowest BCUT2D eigenvalue weighted by Crippen LogP contribution is -2.36. The number of nitrogens with one attached hydrogen (secondary N) is 1. The van der Waals surface area contributed by atoms with E-state index in [4.69, 9.17) is 4.74 Å². The minimum absolute atomic E-state index is 0.499. The van der Waals surface area contributed by atoms with Crippen LogP contribution in [-0.4, -0.2) is 18.2 Å². The Bertz CT molecular complexity index is 298. The molecule has 14 heavy (non-hydrogen) atoms. The third-order valence-electron chi connectivity index (χ3n) is 3.25. The smallest absolute Gasteiger partial charge is 0.0733 e. The summed E-state index contributed by atoms with van der Waals surface area (Å²) in [5, 5.41) is 7.94. The van der Waals surface area contributed by atoms with Gasteiger partial charge in [-0.3, -0.25) is 0 Å². The molecule has 76 valence electrons. The van der Waals surface area contributed by atoms with Crippen molar-refractivity contribution in [1.29, 1.82) is 0 Å². The second-order valence-corrected chi connectivity index (χ2v) is 5.01. The number of ether oxygens (including phenoxy) is 1. The number of thiophene rings is 1. The number of hydrogen-bond acceptors (Lipinski definition) is 3. The summed E-state index contributed by atoms with van der Waals surface area (Å²) in [5.74, 6) is 0. The van der Waals surface area contributed by atoms with Crippen molar-refractivity contribution >= 4 is 11.3 Å². The van der Waals surface area contributed by atoms with Gasteiger partial charge in [0.25, 0.3) is 0 Å². The summed E-state index contributed by atoms with van der Waals surface area (Å²) >= 11 is 1.77. The van der Waals surface area contributed by atoms with Crippen molar-refractivity contribution < 1.29 is 4.74 Å². The standard InChI is InChI=1S/C11H15NOS/c1-2-11-10(5-9(1)13-11)12-6-8-3-4-14-7-8/h3-4,7,9-12H,1-2,5-6H2. The molecule has 1 N–H and O–H groups in total. The Balaban J connectivity index is 1.54. The summed E-state index contributed by atoms with van der Waals surface area (Å²) in [5.41, 5.74) is 1.40. The monoisotopic (exact) mass is 209 g/mol. The first kappa shape index (κ1) is 8.89. The summed E-state index contributed by atoms with van der Waals surface area (Å²) in [4.78, 5) is 0. The highest BCUT2D eigenvalue weighted by Crippen LogP contribution is 2.34. The lowest BCUT2D eigenvalue weighted by molar-refractivity contribution is 0.0973. The maximum atomic E-state index is 5.79. The molecular weight excluding hydrogens is 194 g/mol. The molecule has 2 bridgehead atoms. The van der Waals surface area contributed by atoms with Gasteiger partial charge >= 0.3 is 0 Å². The molecule has 3 heteroatoms. The number of rotatable bonds is 3. The SMILES string of the molecule is c1cc(CNC2CC3CCC2O3)cs1. The Kier molecular flexibility index (Phi) is 2.32. The first-order valence-electron chi connectivity index (χ1n) is 5.32. The molecule has 0 aromatic carbocycles. The van der Waals surface area contributed by atoms with E-state index in [9.17, 15) is 0 Å². The summed E-state index contributed by atoms with van der Waals surface area (Å²) in [7, 11) is 0. The van der Waals surface area contributed by atoms with Crippen LogP contribution in [0.1, 0.15) is 24.8 Å². The quantitative estimate of drug-likeness (QED) is 0.823. The van der Waals surface area contributed by atoms with Gasteiger partial charge in [0.2, 0.25) is 0 Å². The largest absolute Gasteiger partial charge is 0.373 e. The predicted molar refractivity (Wildman–Crippen MR) is 57.5 cm³/mol. The fourth-order valence-electron chi connectivity index (χ4n) is 2.49. The molecule has 3 unspecified atom stereocenters. The van der Waals surface area contributed by atoms with Crippen LogP contribution in [-0.2, 0) is 11.3 Å². The van der Waals surface area contributed by atoms with Gasteiger partial charge in [-0.25, -0.2) is 0 Å². The molecule has 2 fully saturated rings. The van der Waals surface area contributed by atoms with E-state index in [1.807, 2.05) is 0 Å². The van der Waals surface area contributed by atoms with Crippen LogP contribution in [0.4, 0.5) is 0 Å². The normalized spacial score (nSPS) is 35.3. The van der Waals surface area contributed by atoms with Crippen molar-refractivity contribution in [3.8, 4) is 0 Å². The van der Waals surface area contributed by atoms with Gasteiger partial charge in [0.15, 0.2) is 0 Å². The van der Waals surface area contributed by atoms with Gasteiger partial charge in [-0.15, -0.1) is 0 Å². The third kappa shape index (κ3) is 1.60. The molecular formula is C11H15NOS. The molecule has 2 aliphatic rings. The van der Waals surface area contributed by atoms with Crippen molar-refractivity contribution in [2.45, 2.75) is 44.1 Å². The maximum Gasteiger partial charge on any atom is 0.0733 e. The van der Waals surface area contributed by atoms with Crippen LogP contribution in [0.2, 0.25) is 0 Å². The molecule has 0 spiro atoms. The fourth-order valence-corrected chi connectivity index (χ4v) is 3.16. The second kappa shape index (κ2) is 3.65. The van der Waals surface area contributed by atoms with Crippen molar-refractivity contribution in [3.63, 3.8) is 0 Å². The van der Waals surface area contributed by atoms with Crippen LogP contribution in [0.5, 0.6) is 0 Å². The van der Waals surface area contributed by atoms with Crippen molar-refractivity contribution in [1.82, 2.24) is 5.32 Å². The Hall–Kier alpha value is -0.380. The molecule has 2 nitrogen and oxygen atoms in total. The van der Waals surface area contributed by atoms with Crippen LogP contribution in [0.25, 0.3) is 0 Å². The first-order chi connectivity index (χ1) is 6.92. The molecule has 2 saturated heterocycles. The van der Waals surface area contributed by atoms with Gasteiger partial charge in [-0.05, 0) is 41.7 Å². The van der Waals surface area contributed by atoms with Crippen molar-refractivity contribution in [2.75, 3.05) is 0 Å². The lowest BCUT2D eigenvalue weighted by Gasteiger charge is -2.19. The van der Waals surface area contributed by atoms with Crippen LogP contribution in [0.15, 0.2) is 16.8 Å². The van der Waals surface area contributed by atoms with Gasteiger partial charge in [0.05, 0.1) is 12.2 Å². The lowest BCUT2D eigenvalue weighted by atomic mass is 9.95. The highest BCUT2D eigenvalue weighted by molar-refractivity contribution is 7.07. The summed E-state index contributed by atoms with van der Waals surface area (Å²) in [6.45, 7) is 1.00.